The van der Waals surface area contributed by atoms with E-state index in [0.29, 0.717) is 17.8 Å². The average molecular weight is 412 g/mol. The van der Waals surface area contributed by atoms with Crippen LogP contribution in [0.2, 0.25) is 0 Å². The van der Waals surface area contributed by atoms with E-state index in [0.717, 1.165) is 0 Å². The highest BCUT2D eigenvalue weighted by molar-refractivity contribution is 7.92. The van der Waals surface area contributed by atoms with E-state index < -0.39 is 10.0 Å². The van der Waals surface area contributed by atoms with Crippen molar-refractivity contribution in [3.05, 3.63) is 60.2 Å². The number of carbonyl (C=O) groups excluding carboxylic acids is 1. The highest BCUT2D eigenvalue weighted by Crippen LogP contribution is 2.24. The minimum absolute atomic E-state index is 0. The first kappa shape index (κ1) is 23.0. The summed E-state index contributed by atoms with van der Waals surface area (Å²) in [6, 6.07) is 14.9. The quantitative estimate of drug-likeness (QED) is 0.759. The fourth-order valence-corrected chi connectivity index (χ4v) is 4.08. The molecule has 0 bridgehead atoms. The molecule has 0 heterocycles. The van der Waals surface area contributed by atoms with Crippen LogP contribution in [0.4, 0.5) is 5.69 Å². The van der Waals surface area contributed by atoms with Gasteiger partial charge in [0.05, 0.1) is 10.6 Å². The Bertz CT molecular complexity index is 860. The van der Waals surface area contributed by atoms with E-state index in [1.807, 2.05) is 13.0 Å². The minimum Gasteiger partial charge on any atom is -0.338 e. The molecular formula is C19H26ClN3O3S. The van der Waals surface area contributed by atoms with Gasteiger partial charge in [0, 0.05) is 31.7 Å². The van der Waals surface area contributed by atoms with Gasteiger partial charge in [-0.1, -0.05) is 24.3 Å². The summed E-state index contributed by atoms with van der Waals surface area (Å²) >= 11 is 0. The SMILES string of the molecule is CCN(c1ccccc1)S(=O)(=O)c1cccc(C(=O)N(C)C(C)CN)c1.Cl. The lowest BCUT2D eigenvalue weighted by Crippen LogP contribution is -2.39. The molecule has 148 valence electrons. The van der Waals surface area contributed by atoms with Crippen molar-refractivity contribution in [3.8, 4) is 0 Å². The van der Waals surface area contributed by atoms with Gasteiger partial charge in [-0.3, -0.25) is 9.10 Å². The van der Waals surface area contributed by atoms with Crippen molar-refractivity contribution in [2.75, 3.05) is 24.4 Å². The van der Waals surface area contributed by atoms with Crippen molar-refractivity contribution >= 4 is 34.0 Å². The smallest absolute Gasteiger partial charge is 0.264 e. The predicted molar refractivity (Wildman–Crippen MR) is 111 cm³/mol. The van der Waals surface area contributed by atoms with Crippen LogP contribution in [0.3, 0.4) is 0 Å². The zero-order valence-electron chi connectivity index (χ0n) is 15.7. The lowest BCUT2D eigenvalue weighted by Gasteiger charge is -2.25. The summed E-state index contributed by atoms with van der Waals surface area (Å²) in [4.78, 5) is 14.2. The highest BCUT2D eigenvalue weighted by Gasteiger charge is 2.25. The largest absolute Gasteiger partial charge is 0.338 e. The first-order valence-corrected chi connectivity index (χ1v) is 9.92. The molecule has 2 aromatic carbocycles. The van der Waals surface area contributed by atoms with E-state index in [-0.39, 0.29) is 35.8 Å². The second-order valence-electron chi connectivity index (χ2n) is 6.03. The van der Waals surface area contributed by atoms with Crippen LogP contribution in [0.15, 0.2) is 59.5 Å². The monoisotopic (exact) mass is 411 g/mol. The van der Waals surface area contributed by atoms with Crippen LogP contribution >= 0.6 is 12.4 Å². The summed E-state index contributed by atoms with van der Waals surface area (Å²) in [7, 11) is -2.12. The van der Waals surface area contributed by atoms with E-state index in [1.165, 1.54) is 21.3 Å². The molecule has 6 nitrogen and oxygen atoms in total. The van der Waals surface area contributed by atoms with E-state index in [1.54, 1.807) is 50.4 Å². The van der Waals surface area contributed by atoms with Crippen molar-refractivity contribution in [2.24, 2.45) is 5.73 Å². The Labute approximate surface area is 167 Å². The third-order valence-electron chi connectivity index (χ3n) is 4.32. The number of rotatable bonds is 7. The van der Waals surface area contributed by atoms with E-state index >= 15 is 0 Å². The van der Waals surface area contributed by atoms with Crippen molar-refractivity contribution in [3.63, 3.8) is 0 Å². The van der Waals surface area contributed by atoms with Crippen LogP contribution in [-0.4, -0.2) is 45.4 Å². The fourth-order valence-electron chi connectivity index (χ4n) is 2.56. The number of sulfonamides is 1. The molecule has 2 aromatic rings. The summed E-state index contributed by atoms with van der Waals surface area (Å²) in [5.41, 5.74) is 6.52. The summed E-state index contributed by atoms with van der Waals surface area (Å²) in [5.74, 6) is -0.261. The van der Waals surface area contributed by atoms with E-state index in [4.69, 9.17) is 5.73 Å². The van der Waals surface area contributed by atoms with Crippen molar-refractivity contribution < 1.29 is 13.2 Å². The summed E-state index contributed by atoms with van der Waals surface area (Å²) in [5, 5.41) is 0. The number of nitrogens with zero attached hydrogens (tertiary/aromatic N) is 2. The predicted octanol–water partition coefficient (Wildman–Crippen LogP) is 2.74. The number of nitrogens with two attached hydrogens (primary N) is 1. The number of hydrogen-bond donors (Lipinski definition) is 1. The molecule has 0 fully saturated rings. The van der Waals surface area contributed by atoms with Crippen molar-refractivity contribution in [2.45, 2.75) is 24.8 Å². The minimum atomic E-state index is -3.77. The number of benzene rings is 2. The number of anilines is 1. The van der Waals surface area contributed by atoms with Gasteiger partial charge in [-0.2, -0.15) is 0 Å². The Morgan fingerprint density at radius 2 is 1.74 bits per heavy atom. The van der Waals surface area contributed by atoms with Gasteiger partial charge in [0.2, 0.25) is 0 Å². The molecule has 1 atom stereocenters. The van der Waals surface area contributed by atoms with Gasteiger partial charge in [0.1, 0.15) is 0 Å². The Morgan fingerprint density at radius 1 is 1.11 bits per heavy atom. The van der Waals surface area contributed by atoms with Gasteiger partial charge in [-0.25, -0.2) is 8.42 Å². The standard InChI is InChI=1S/C19H25N3O3S.ClH/c1-4-22(17-10-6-5-7-11-17)26(24,25)18-12-8-9-16(13-18)19(23)21(3)15(2)14-20;/h5-13,15H,4,14,20H2,1-3H3;1H. The van der Waals surface area contributed by atoms with E-state index in [2.05, 4.69) is 0 Å². The van der Waals surface area contributed by atoms with E-state index in [9.17, 15) is 13.2 Å². The Kier molecular flexibility index (Phi) is 8.27. The van der Waals surface area contributed by atoms with Crippen molar-refractivity contribution in [1.29, 1.82) is 0 Å². The number of likely N-dealkylation sites (N-methyl/N-ethyl adjacent to an activating group) is 1. The average Bonchev–Trinajstić information content (AvgIpc) is 2.67. The first-order chi connectivity index (χ1) is 12.3. The molecule has 8 heteroatoms. The molecule has 0 saturated heterocycles. The molecule has 2 N–H and O–H groups in total. The highest BCUT2D eigenvalue weighted by atomic mass is 35.5. The van der Waals surface area contributed by atoms with Crippen LogP contribution < -0.4 is 10.0 Å². The Morgan fingerprint density at radius 3 is 2.30 bits per heavy atom. The van der Waals surface area contributed by atoms with Crippen LogP contribution in [0.25, 0.3) is 0 Å². The number of amides is 1. The van der Waals surface area contributed by atoms with Gasteiger partial charge in [-0.05, 0) is 44.2 Å². The fraction of sp³-hybridized carbons (Fsp3) is 0.316. The van der Waals surface area contributed by atoms with Gasteiger partial charge >= 0.3 is 0 Å². The van der Waals surface area contributed by atoms with Gasteiger partial charge in [0.25, 0.3) is 15.9 Å². The molecule has 0 spiro atoms. The Balaban J connectivity index is 0.00000364. The molecular weight excluding hydrogens is 386 g/mol. The van der Waals surface area contributed by atoms with Crippen LogP contribution in [0.1, 0.15) is 24.2 Å². The van der Waals surface area contributed by atoms with Crippen LogP contribution in [0.5, 0.6) is 0 Å². The molecule has 2 rings (SSSR count). The van der Waals surface area contributed by atoms with Crippen molar-refractivity contribution in [1.82, 2.24) is 4.90 Å². The van der Waals surface area contributed by atoms with Crippen LogP contribution in [0, 0.1) is 0 Å². The lowest BCUT2D eigenvalue weighted by molar-refractivity contribution is 0.0748. The maximum absolute atomic E-state index is 13.1. The number of para-hydroxylation sites is 1. The molecule has 0 aromatic heterocycles. The van der Waals surface area contributed by atoms with Gasteiger partial charge in [-0.15, -0.1) is 12.4 Å². The molecule has 0 saturated carbocycles. The zero-order chi connectivity index (χ0) is 19.3. The number of carbonyl (C=O) groups is 1. The topological polar surface area (TPSA) is 83.7 Å². The molecule has 0 aliphatic rings. The van der Waals surface area contributed by atoms with Gasteiger partial charge in [0.15, 0.2) is 0 Å². The number of halogens is 1. The molecule has 0 aliphatic heterocycles. The lowest BCUT2D eigenvalue weighted by atomic mass is 10.2. The second kappa shape index (κ2) is 9.73. The molecule has 0 aliphatic carbocycles. The maximum Gasteiger partial charge on any atom is 0.264 e. The first-order valence-electron chi connectivity index (χ1n) is 8.48. The summed E-state index contributed by atoms with van der Waals surface area (Å²) in [6.07, 6.45) is 0. The molecule has 27 heavy (non-hydrogen) atoms. The molecule has 1 unspecified atom stereocenters. The third-order valence-corrected chi connectivity index (χ3v) is 6.22. The third kappa shape index (κ3) is 5.00. The Hall–Kier alpha value is -2.09. The zero-order valence-corrected chi connectivity index (χ0v) is 17.3. The second-order valence-corrected chi connectivity index (χ2v) is 7.90. The van der Waals surface area contributed by atoms with Crippen LogP contribution in [-0.2, 0) is 10.0 Å². The molecule has 0 radical (unpaired) electrons. The normalized spacial score (nSPS) is 12.0. The number of hydrogen-bond acceptors (Lipinski definition) is 4. The maximum atomic E-state index is 13.1. The summed E-state index contributed by atoms with van der Waals surface area (Å²) in [6.45, 7) is 4.23. The van der Waals surface area contributed by atoms with Gasteiger partial charge < -0.3 is 10.6 Å². The molecule has 1 amide bonds. The summed E-state index contributed by atoms with van der Waals surface area (Å²) < 4.78 is 27.5.